The molecule has 2 atom stereocenters. The number of fused-ring (bicyclic) bond motifs is 1. The minimum Gasteiger partial charge on any atom is -0.294 e. The summed E-state index contributed by atoms with van der Waals surface area (Å²) in [7, 11) is -3.26. The zero-order valence-electron chi connectivity index (χ0n) is 13.9. The van der Waals surface area contributed by atoms with Crippen molar-refractivity contribution in [2.45, 2.75) is 18.3 Å². The van der Waals surface area contributed by atoms with Gasteiger partial charge in [-0.15, -0.1) is 0 Å². The Morgan fingerprint density at radius 3 is 2.44 bits per heavy atom. The second kappa shape index (κ2) is 6.72. The summed E-state index contributed by atoms with van der Waals surface area (Å²) in [4.78, 5) is 2.34. The van der Waals surface area contributed by atoms with Crippen molar-refractivity contribution in [2.24, 2.45) is 5.92 Å². The number of hydrogen-bond acceptors (Lipinski definition) is 3. The molecule has 0 spiro atoms. The highest BCUT2D eigenvalue weighted by Gasteiger charge is 2.48. The summed E-state index contributed by atoms with van der Waals surface area (Å²) in [5.41, 5.74) is 1.95. The lowest BCUT2D eigenvalue weighted by Gasteiger charge is -2.43. The SMILES string of the molecule is O=S(=O)(Cc1ccccc1)N1CC2CN(Cc3ccccc3Cl)C2C1. The van der Waals surface area contributed by atoms with Crippen LogP contribution >= 0.6 is 11.6 Å². The Morgan fingerprint density at radius 2 is 1.68 bits per heavy atom. The van der Waals surface area contributed by atoms with Crippen molar-refractivity contribution >= 4 is 21.6 Å². The standard InChI is InChI=1S/C19H21ClN2O2S/c20-18-9-5-4-8-16(18)10-21-11-17-12-22(13-19(17)21)25(23,24)14-15-6-2-1-3-7-15/h1-9,17,19H,10-14H2. The Bertz CT molecular complexity index is 857. The van der Waals surface area contributed by atoms with Gasteiger partial charge in [-0.1, -0.05) is 60.1 Å². The zero-order chi connectivity index (χ0) is 17.4. The van der Waals surface area contributed by atoms with Crippen LogP contribution in [0.1, 0.15) is 11.1 Å². The first-order valence-corrected chi connectivity index (χ1v) is 10.5. The van der Waals surface area contributed by atoms with Gasteiger partial charge >= 0.3 is 0 Å². The first-order chi connectivity index (χ1) is 12.0. The first-order valence-electron chi connectivity index (χ1n) is 8.52. The average molecular weight is 377 g/mol. The summed E-state index contributed by atoms with van der Waals surface area (Å²) in [5.74, 6) is 0.519. The normalized spacial score (nSPS) is 24.0. The van der Waals surface area contributed by atoms with Gasteiger partial charge < -0.3 is 0 Å². The minimum atomic E-state index is -3.26. The van der Waals surface area contributed by atoms with Crippen molar-refractivity contribution in [1.82, 2.24) is 9.21 Å². The molecule has 25 heavy (non-hydrogen) atoms. The molecule has 2 unspecified atom stereocenters. The van der Waals surface area contributed by atoms with Gasteiger partial charge in [-0.2, -0.15) is 4.31 Å². The van der Waals surface area contributed by atoms with Crippen LogP contribution in [-0.2, 0) is 22.3 Å². The quantitative estimate of drug-likeness (QED) is 0.805. The number of rotatable bonds is 5. The number of benzene rings is 2. The van der Waals surface area contributed by atoms with Gasteiger partial charge in [0.25, 0.3) is 0 Å². The van der Waals surface area contributed by atoms with Crippen LogP contribution in [0.4, 0.5) is 0 Å². The summed E-state index contributed by atoms with van der Waals surface area (Å²) in [6, 6.07) is 17.6. The summed E-state index contributed by atoms with van der Waals surface area (Å²) in [5, 5.41) is 0.775. The van der Waals surface area contributed by atoms with Crippen LogP contribution in [0.5, 0.6) is 0 Å². The molecule has 2 aliphatic heterocycles. The van der Waals surface area contributed by atoms with Gasteiger partial charge in [0.2, 0.25) is 10.0 Å². The number of hydrogen-bond donors (Lipinski definition) is 0. The van der Waals surface area contributed by atoms with Crippen LogP contribution < -0.4 is 0 Å². The lowest BCUT2D eigenvalue weighted by Crippen LogP contribution is -2.54. The lowest BCUT2D eigenvalue weighted by molar-refractivity contribution is 0.0435. The molecule has 4 rings (SSSR count). The molecule has 4 nitrogen and oxygen atoms in total. The van der Waals surface area contributed by atoms with E-state index in [1.165, 1.54) is 0 Å². The second-order valence-electron chi connectivity index (χ2n) is 6.91. The fourth-order valence-corrected chi connectivity index (χ4v) is 5.63. The second-order valence-corrected chi connectivity index (χ2v) is 9.28. The molecular weight excluding hydrogens is 356 g/mol. The Balaban J connectivity index is 1.41. The smallest absolute Gasteiger partial charge is 0.218 e. The molecule has 2 heterocycles. The molecule has 6 heteroatoms. The van der Waals surface area contributed by atoms with Crippen LogP contribution in [0, 0.1) is 5.92 Å². The molecule has 2 aromatic carbocycles. The molecule has 0 amide bonds. The molecule has 0 aromatic heterocycles. The minimum absolute atomic E-state index is 0.0811. The zero-order valence-corrected chi connectivity index (χ0v) is 15.5. The van der Waals surface area contributed by atoms with Gasteiger partial charge in [-0.3, -0.25) is 4.90 Å². The van der Waals surface area contributed by atoms with Gasteiger partial charge in [0.1, 0.15) is 0 Å². The van der Waals surface area contributed by atoms with E-state index in [2.05, 4.69) is 4.90 Å². The van der Waals surface area contributed by atoms with Gasteiger partial charge in [-0.25, -0.2) is 8.42 Å². The van der Waals surface area contributed by atoms with E-state index in [1.807, 2.05) is 54.6 Å². The van der Waals surface area contributed by atoms with Gasteiger partial charge in [0.15, 0.2) is 0 Å². The van der Waals surface area contributed by atoms with E-state index in [-0.39, 0.29) is 5.75 Å². The van der Waals surface area contributed by atoms with Crippen molar-refractivity contribution < 1.29 is 8.42 Å². The van der Waals surface area contributed by atoms with Crippen molar-refractivity contribution in [3.05, 3.63) is 70.7 Å². The van der Waals surface area contributed by atoms with E-state index in [9.17, 15) is 8.42 Å². The summed E-state index contributed by atoms with van der Waals surface area (Å²) < 4.78 is 27.1. The Hall–Kier alpha value is -1.40. The van der Waals surface area contributed by atoms with Crippen LogP contribution in [0.3, 0.4) is 0 Å². The van der Waals surface area contributed by atoms with Crippen LogP contribution in [0.25, 0.3) is 0 Å². The van der Waals surface area contributed by atoms with Crippen molar-refractivity contribution in [1.29, 1.82) is 0 Å². The van der Waals surface area contributed by atoms with Crippen LogP contribution in [0.2, 0.25) is 5.02 Å². The maximum Gasteiger partial charge on any atom is 0.218 e. The molecule has 2 saturated heterocycles. The van der Waals surface area contributed by atoms with Gasteiger partial charge in [-0.05, 0) is 17.2 Å². The summed E-state index contributed by atoms with van der Waals surface area (Å²) >= 11 is 6.25. The number of halogens is 1. The third kappa shape index (κ3) is 3.47. The summed E-state index contributed by atoms with van der Waals surface area (Å²) in [6.45, 7) is 2.95. The van der Waals surface area contributed by atoms with E-state index in [0.29, 0.717) is 25.0 Å². The van der Waals surface area contributed by atoms with Crippen molar-refractivity contribution in [3.63, 3.8) is 0 Å². The molecule has 0 radical (unpaired) electrons. The first kappa shape index (κ1) is 17.0. The summed E-state index contributed by atoms with van der Waals surface area (Å²) in [6.07, 6.45) is 0. The molecule has 2 aromatic rings. The fourth-order valence-electron chi connectivity index (χ4n) is 3.84. The maximum absolute atomic E-state index is 12.7. The van der Waals surface area contributed by atoms with E-state index in [1.54, 1.807) is 4.31 Å². The monoisotopic (exact) mass is 376 g/mol. The Labute approximate surface area is 154 Å². The highest BCUT2D eigenvalue weighted by Crippen LogP contribution is 2.36. The highest BCUT2D eigenvalue weighted by molar-refractivity contribution is 7.88. The molecule has 0 bridgehead atoms. The number of sulfonamides is 1. The molecule has 0 saturated carbocycles. The largest absolute Gasteiger partial charge is 0.294 e. The number of nitrogens with zero attached hydrogens (tertiary/aromatic N) is 2. The molecule has 0 N–H and O–H groups in total. The van der Waals surface area contributed by atoms with E-state index >= 15 is 0 Å². The average Bonchev–Trinajstić information content (AvgIpc) is 2.93. The number of likely N-dealkylation sites (tertiary alicyclic amines) is 1. The van der Waals surface area contributed by atoms with Crippen LogP contribution in [0.15, 0.2) is 54.6 Å². The lowest BCUT2D eigenvalue weighted by atomic mass is 9.91. The van der Waals surface area contributed by atoms with Crippen molar-refractivity contribution in [3.8, 4) is 0 Å². The molecular formula is C19H21ClN2O2S. The van der Waals surface area contributed by atoms with E-state index < -0.39 is 10.0 Å². The third-order valence-corrected chi connectivity index (χ3v) is 7.38. The third-order valence-electron chi connectivity index (χ3n) is 5.23. The van der Waals surface area contributed by atoms with Gasteiger partial charge in [0.05, 0.1) is 5.75 Å². The fraction of sp³-hybridized carbons (Fsp3) is 0.368. The predicted molar refractivity (Wildman–Crippen MR) is 99.8 cm³/mol. The van der Waals surface area contributed by atoms with E-state index in [0.717, 1.165) is 29.2 Å². The van der Waals surface area contributed by atoms with Crippen LogP contribution in [-0.4, -0.2) is 43.3 Å². The highest BCUT2D eigenvalue weighted by atomic mass is 35.5. The molecule has 0 aliphatic carbocycles. The van der Waals surface area contributed by atoms with Gasteiger partial charge in [0, 0.05) is 43.2 Å². The Morgan fingerprint density at radius 1 is 0.960 bits per heavy atom. The topological polar surface area (TPSA) is 40.6 Å². The predicted octanol–water partition coefficient (Wildman–Crippen LogP) is 2.99. The van der Waals surface area contributed by atoms with E-state index in [4.69, 9.17) is 11.6 Å². The Kier molecular flexibility index (Phi) is 4.58. The van der Waals surface area contributed by atoms with Crippen molar-refractivity contribution in [2.75, 3.05) is 19.6 Å². The maximum atomic E-state index is 12.7. The molecule has 2 fully saturated rings. The molecule has 2 aliphatic rings. The molecule has 132 valence electrons.